The Balaban J connectivity index is 1.21. The van der Waals surface area contributed by atoms with Crippen molar-refractivity contribution in [2.45, 2.75) is 49.1 Å². The van der Waals surface area contributed by atoms with E-state index in [1.807, 2.05) is 24.3 Å². The molecule has 0 bridgehead atoms. The fourth-order valence-electron chi connectivity index (χ4n) is 6.02. The van der Waals surface area contributed by atoms with Crippen LogP contribution in [0.3, 0.4) is 0 Å². The molecule has 1 saturated heterocycles. The molecule has 0 radical (unpaired) electrons. The number of nitrogens with zero attached hydrogens (tertiary/aromatic N) is 5. The first-order valence-electron chi connectivity index (χ1n) is 14.9. The van der Waals surface area contributed by atoms with Gasteiger partial charge in [0.25, 0.3) is 0 Å². The molecule has 1 amide bonds. The van der Waals surface area contributed by atoms with Crippen LogP contribution < -0.4 is 5.32 Å². The number of likely N-dealkylation sites (N-methyl/N-ethyl adjacent to an activating group) is 1. The highest BCUT2D eigenvalue weighted by Crippen LogP contribution is 2.36. The third kappa shape index (κ3) is 6.98. The molecule has 2 fully saturated rings. The van der Waals surface area contributed by atoms with Gasteiger partial charge in [-0.15, -0.1) is 0 Å². The maximum atomic E-state index is 13.8. The summed E-state index contributed by atoms with van der Waals surface area (Å²) in [5.41, 5.74) is 3.15. The molecule has 2 atom stereocenters. The number of carbonyl (C=O) groups excluding carboxylic acids is 1. The summed E-state index contributed by atoms with van der Waals surface area (Å²) in [6, 6.07) is 14.0. The first-order chi connectivity index (χ1) is 21.7. The summed E-state index contributed by atoms with van der Waals surface area (Å²) in [6.45, 7) is 0.416. The summed E-state index contributed by atoms with van der Waals surface area (Å²) in [5.74, 6) is -0.284. The van der Waals surface area contributed by atoms with Crippen LogP contribution in [0.2, 0.25) is 0 Å². The molecule has 6 rings (SSSR count). The van der Waals surface area contributed by atoms with E-state index in [1.54, 1.807) is 36.5 Å². The lowest BCUT2D eigenvalue weighted by Gasteiger charge is -2.37. The topological polar surface area (TPSA) is 155 Å². The normalized spacial score (nSPS) is 19.0. The van der Waals surface area contributed by atoms with Crippen molar-refractivity contribution in [3.63, 3.8) is 0 Å². The van der Waals surface area contributed by atoms with E-state index < -0.39 is 28.3 Å². The number of piperazine rings is 1. The molecule has 45 heavy (non-hydrogen) atoms. The zero-order chi connectivity index (χ0) is 31.6. The van der Waals surface area contributed by atoms with Gasteiger partial charge >= 0.3 is 6.16 Å². The third-order valence-corrected chi connectivity index (χ3v) is 11.3. The van der Waals surface area contributed by atoms with Crippen molar-refractivity contribution < 1.29 is 27.9 Å². The maximum Gasteiger partial charge on any atom is 0.507 e. The summed E-state index contributed by atoms with van der Waals surface area (Å²) in [5, 5.41) is 12.5. The Hall–Kier alpha value is -3.98. The van der Waals surface area contributed by atoms with Gasteiger partial charge in [0.1, 0.15) is 10.3 Å². The minimum absolute atomic E-state index is 0.0761. The van der Waals surface area contributed by atoms with Crippen molar-refractivity contribution in [2.24, 2.45) is 5.92 Å². The summed E-state index contributed by atoms with van der Waals surface area (Å²) >= 11 is 1.31. The van der Waals surface area contributed by atoms with E-state index in [4.69, 9.17) is 14.8 Å². The van der Waals surface area contributed by atoms with Crippen LogP contribution >= 0.6 is 11.3 Å². The number of amides is 1. The van der Waals surface area contributed by atoms with Crippen molar-refractivity contribution in [3.8, 4) is 11.3 Å². The van der Waals surface area contributed by atoms with Gasteiger partial charge in [-0.3, -0.25) is 14.7 Å². The Kier molecular flexibility index (Phi) is 9.08. The first kappa shape index (κ1) is 31.0. The quantitative estimate of drug-likeness (QED) is 0.236. The molecular formula is C31H34N6O6S2. The Morgan fingerprint density at radius 1 is 1.04 bits per heavy atom. The van der Waals surface area contributed by atoms with Crippen molar-refractivity contribution >= 4 is 48.9 Å². The average molecular weight is 651 g/mol. The lowest BCUT2D eigenvalue weighted by atomic mass is 9.87. The molecule has 1 saturated carbocycles. The number of aromatic nitrogens is 3. The highest BCUT2D eigenvalue weighted by molar-refractivity contribution is 7.89. The van der Waals surface area contributed by atoms with E-state index >= 15 is 0 Å². The number of ether oxygens (including phenoxy) is 1. The summed E-state index contributed by atoms with van der Waals surface area (Å²) in [4.78, 5) is 40.7. The number of sulfonamides is 1. The zero-order valence-electron chi connectivity index (χ0n) is 24.7. The van der Waals surface area contributed by atoms with Gasteiger partial charge in [0, 0.05) is 31.0 Å². The molecular weight excluding hydrogens is 617 g/mol. The zero-order valence-corrected chi connectivity index (χ0v) is 26.3. The van der Waals surface area contributed by atoms with Gasteiger partial charge in [0.15, 0.2) is 11.4 Å². The smallest absolute Gasteiger partial charge is 0.450 e. The molecule has 2 N–H and O–H groups in total. The highest BCUT2D eigenvalue weighted by atomic mass is 32.2. The molecule has 12 nitrogen and oxygen atoms in total. The second-order valence-electron chi connectivity index (χ2n) is 11.5. The van der Waals surface area contributed by atoms with Crippen LogP contribution in [0.15, 0.2) is 65.8 Å². The Morgan fingerprint density at radius 3 is 2.49 bits per heavy atom. The molecule has 0 spiro atoms. The van der Waals surface area contributed by atoms with Gasteiger partial charge in [0.05, 0.1) is 23.1 Å². The third-order valence-electron chi connectivity index (χ3n) is 8.53. The molecule has 1 aliphatic heterocycles. The van der Waals surface area contributed by atoms with Crippen LogP contribution in [-0.2, 0) is 19.6 Å². The van der Waals surface area contributed by atoms with E-state index in [9.17, 15) is 18.0 Å². The second kappa shape index (κ2) is 13.2. The van der Waals surface area contributed by atoms with Crippen molar-refractivity contribution in [2.75, 3.05) is 32.0 Å². The Labute approximate surface area is 265 Å². The largest absolute Gasteiger partial charge is 0.507 e. The molecule has 4 aromatic rings. The van der Waals surface area contributed by atoms with Crippen LogP contribution in [-0.4, -0.2) is 82.7 Å². The molecule has 3 aromatic heterocycles. The average Bonchev–Trinajstić information content (AvgIpc) is 3.70. The number of carboxylic acid groups (broad SMARTS) is 1. The number of thiazole rings is 1. The number of fused-ring (bicyclic) bond motifs is 1. The van der Waals surface area contributed by atoms with Gasteiger partial charge in [-0.1, -0.05) is 49.2 Å². The van der Waals surface area contributed by atoms with Crippen LogP contribution in [0.4, 0.5) is 9.93 Å². The number of rotatable bonds is 9. The highest BCUT2D eigenvalue weighted by Gasteiger charge is 2.35. The van der Waals surface area contributed by atoms with Crippen LogP contribution in [0.1, 0.15) is 43.6 Å². The van der Waals surface area contributed by atoms with E-state index in [0.29, 0.717) is 34.4 Å². The maximum absolute atomic E-state index is 13.8. The second-order valence-corrected chi connectivity index (χ2v) is 14.4. The molecule has 14 heteroatoms. The number of pyridine rings is 2. The molecule has 4 heterocycles. The summed E-state index contributed by atoms with van der Waals surface area (Å²) < 4.78 is 33.1. The SMILES string of the molecule is CN1CCN(S(=O)(=O)c2ccc(C(CC3CCCC3)C(=O)Nc3nc4ccc(-c5ccncc5)nc4s3)cc2)C[C@H]1OC(=O)O. The fraction of sp³-hybridized carbons (Fsp3) is 0.387. The fourth-order valence-corrected chi connectivity index (χ4v) is 8.29. The number of hydrogen-bond donors (Lipinski definition) is 2. The van der Waals surface area contributed by atoms with Gasteiger partial charge in [-0.25, -0.2) is 23.2 Å². The minimum atomic E-state index is -3.91. The van der Waals surface area contributed by atoms with Crippen molar-refractivity contribution in [1.82, 2.24) is 24.2 Å². The molecule has 2 aliphatic rings. The monoisotopic (exact) mass is 650 g/mol. The van der Waals surface area contributed by atoms with Crippen LogP contribution in [0.25, 0.3) is 21.6 Å². The van der Waals surface area contributed by atoms with E-state index in [-0.39, 0.29) is 23.9 Å². The van der Waals surface area contributed by atoms with Crippen molar-refractivity contribution in [3.05, 3.63) is 66.5 Å². The number of nitrogens with one attached hydrogen (secondary N) is 1. The lowest BCUT2D eigenvalue weighted by molar-refractivity contribution is -0.118. The number of carbonyl (C=O) groups is 2. The predicted molar refractivity (Wildman–Crippen MR) is 169 cm³/mol. The van der Waals surface area contributed by atoms with Gasteiger partial charge < -0.3 is 15.2 Å². The summed E-state index contributed by atoms with van der Waals surface area (Å²) in [6.07, 6.45) is 6.11. The van der Waals surface area contributed by atoms with Crippen molar-refractivity contribution in [1.29, 1.82) is 0 Å². The van der Waals surface area contributed by atoms with E-state index in [2.05, 4.69) is 15.3 Å². The Bertz CT molecular complexity index is 1780. The number of benzene rings is 1. The van der Waals surface area contributed by atoms with Gasteiger partial charge in [-0.05, 0) is 61.3 Å². The minimum Gasteiger partial charge on any atom is -0.450 e. The molecule has 236 valence electrons. The molecule has 1 unspecified atom stereocenters. The van der Waals surface area contributed by atoms with Gasteiger partial charge in [-0.2, -0.15) is 4.31 Å². The standard InChI is InChI=1S/C31H34N6O6S2/c1-36-16-17-37(19-27(36)43-31(39)40)45(41,42)23-8-6-21(7-9-23)24(18-20-4-2-3-5-20)28(38)35-30-34-26-11-10-25(33-29(26)44-30)22-12-14-32-15-13-22/h6-15,20,24,27H,2-5,16-19H2,1H3,(H,39,40)(H,34,35,38)/t24?,27-/m1/s1. The Morgan fingerprint density at radius 2 is 1.78 bits per heavy atom. The number of anilines is 1. The van der Waals surface area contributed by atoms with E-state index in [1.165, 1.54) is 27.8 Å². The van der Waals surface area contributed by atoms with Gasteiger partial charge in [0.2, 0.25) is 15.9 Å². The number of hydrogen-bond acceptors (Lipinski definition) is 10. The van der Waals surface area contributed by atoms with Crippen LogP contribution in [0, 0.1) is 5.92 Å². The predicted octanol–water partition coefficient (Wildman–Crippen LogP) is 5.01. The summed E-state index contributed by atoms with van der Waals surface area (Å²) in [7, 11) is -2.22. The lowest BCUT2D eigenvalue weighted by Crippen LogP contribution is -2.54. The molecule has 1 aromatic carbocycles. The van der Waals surface area contributed by atoms with E-state index in [0.717, 1.165) is 42.5 Å². The first-order valence-corrected chi connectivity index (χ1v) is 17.1. The van der Waals surface area contributed by atoms with Crippen LogP contribution in [0.5, 0.6) is 0 Å². The molecule has 1 aliphatic carbocycles.